The highest BCUT2D eigenvalue weighted by Crippen LogP contribution is 2.18. The van der Waals surface area contributed by atoms with Crippen LogP contribution >= 0.6 is 0 Å². The van der Waals surface area contributed by atoms with Crippen LogP contribution in [0.2, 0.25) is 0 Å². The monoisotopic (exact) mass is 351 g/mol. The summed E-state index contributed by atoms with van der Waals surface area (Å²) in [5, 5.41) is 2.73. The normalized spacial score (nSPS) is 11.9. The molecule has 134 valence electrons. The van der Waals surface area contributed by atoms with Crippen molar-refractivity contribution in [3.63, 3.8) is 0 Å². The molecule has 0 bridgehead atoms. The number of amides is 1. The Morgan fingerprint density at radius 1 is 1.16 bits per heavy atom. The molecule has 1 atom stereocenters. The van der Waals surface area contributed by atoms with E-state index in [9.17, 15) is 13.6 Å². The topological polar surface area (TPSA) is 52.0 Å². The molecule has 25 heavy (non-hydrogen) atoms. The number of rotatable bonds is 8. The molecule has 0 spiro atoms. The van der Waals surface area contributed by atoms with Gasteiger partial charge in [0.05, 0.1) is 14.2 Å². The van der Waals surface area contributed by atoms with Crippen LogP contribution in [0.15, 0.2) is 48.5 Å². The number of anilines is 1. The first kappa shape index (κ1) is 18.7. The average Bonchev–Trinajstić information content (AvgIpc) is 2.56. The van der Waals surface area contributed by atoms with Crippen LogP contribution in [0.5, 0.6) is 11.5 Å². The number of alkyl halides is 2. The fourth-order valence-electron chi connectivity index (χ4n) is 2.44. The molecule has 0 aromatic heterocycles. The van der Waals surface area contributed by atoms with Gasteiger partial charge in [-0.2, -0.15) is 8.78 Å². The molecule has 0 fully saturated rings. The zero-order valence-electron chi connectivity index (χ0n) is 14.1. The maximum Gasteiger partial charge on any atom is 0.387 e. The van der Waals surface area contributed by atoms with E-state index in [2.05, 4.69) is 10.1 Å². The Hall–Kier alpha value is -2.67. The molecule has 5 nitrogen and oxygen atoms in total. The first-order valence-electron chi connectivity index (χ1n) is 7.76. The Bertz CT molecular complexity index is 693. The largest absolute Gasteiger partial charge is 0.496 e. The molecular weight excluding hydrogens is 330 g/mol. The van der Waals surface area contributed by atoms with Gasteiger partial charge in [-0.1, -0.05) is 12.1 Å². The van der Waals surface area contributed by atoms with Crippen molar-refractivity contribution in [1.82, 2.24) is 0 Å². The molecule has 0 aliphatic rings. The van der Waals surface area contributed by atoms with Crippen molar-refractivity contribution in [2.24, 2.45) is 0 Å². The molecule has 1 unspecified atom stereocenters. The number of halogens is 2. The first-order valence-corrected chi connectivity index (χ1v) is 7.76. The van der Waals surface area contributed by atoms with Gasteiger partial charge in [-0.25, -0.2) is 0 Å². The minimum Gasteiger partial charge on any atom is -0.496 e. The van der Waals surface area contributed by atoms with Gasteiger partial charge < -0.3 is 19.7 Å². The van der Waals surface area contributed by atoms with Crippen LogP contribution in [-0.4, -0.2) is 33.2 Å². The minimum atomic E-state index is -2.87. The van der Waals surface area contributed by atoms with Crippen molar-refractivity contribution in [3.05, 3.63) is 54.1 Å². The van der Waals surface area contributed by atoms with E-state index >= 15 is 0 Å². The van der Waals surface area contributed by atoms with Crippen LogP contribution in [-0.2, 0) is 11.3 Å². The molecule has 2 rings (SSSR count). The van der Waals surface area contributed by atoms with E-state index in [0.717, 1.165) is 16.2 Å². The average molecular weight is 351 g/mol. The van der Waals surface area contributed by atoms with Gasteiger partial charge in [-0.3, -0.25) is 4.79 Å². The summed E-state index contributed by atoms with van der Waals surface area (Å²) in [6, 6.07) is 13.5. The summed E-state index contributed by atoms with van der Waals surface area (Å²) in [5.74, 6) is 0.665. The van der Waals surface area contributed by atoms with E-state index in [0.29, 0.717) is 12.2 Å². The van der Waals surface area contributed by atoms with Gasteiger partial charge in [-0.05, 0) is 36.4 Å². The molecule has 2 aromatic rings. The highest BCUT2D eigenvalue weighted by atomic mass is 19.3. The van der Waals surface area contributed by atoms with Crippen LogP contribution in [0.3, 0.4) is 0 Å². The van der Waals surface area contributed by atoms with Crippen LogP contribution in [0, 0.1) is 0 Å². The highest BCUT2D eigenvalue weighted by molar-refractivity contribution is 5.91. The molecule has 7 heteroatoms. The number of carbonyl (C=O) groups excluding carboxylic acids is 1. The Kier molecular flexibility index (Phi) is 6.71. The van der Waals surface area contributed by atoms with Gasteiger partial charge in [0.25, 0.3) is 5.91 Å². The number of quaternary nitrogens is 1. The summed E-state index contributed by atoms with van der Waals surface area (Å²) in [6.45, 7) is -1.97. The van der Waals surface area contributed by atoms with Gasteiger partial charge in [-0.15, -0.1) is 0 Å². The number of likely N-dealkylation sites (N-methyl/N-ethyl adjacent to an activating group) is 1. The van der Waals surface area contributed by atoms with E-state index in [1.165, 1.54) is 24.3 Å². The van der Waals surface area contributed by atoms with Gasteiger partial charge >= 0.3 is 6.61 Å². The molecule has 0 saturated heterocycles. The van der Waals surface area contributed by atoms with Gasteiger partial charge in [0, 0.05) is 11.3 Å². The molecule has 2 N–H and O–H groups in total. The van der Waals surface area contributed by atoms with E-state index in [1.54, 1.807) is 7.11 Å². The van der Waals surface area contributed by atoms with Crippen LogP contribution < -0.4 is 19.7 Å². The van der Waals surface area contributed by atoms with Crippen LogP contribution in [0.1, 0.15) is 5.56 Å². The molecule has 0 radical (unpaired) electrons. The third kappa shape index (κ3) is 6.04. The highest BCUT2D eigenvalue weighted by Gasteiger charge is 2.13. The lowest BCUT2D eigenvalue weighted by Crippen LogP contribution is -3.08. The van der Waals surface area contributed by atoms with E-state index in [4.69, 9.17) is 4.74 Å². The Morgan fingerprint density at radius 2 is 1.84 bits per heavy atom. The Balaban J connectivity index is 1.87. The molecule has 0 aliphatic heterocycles. The van der Waals surface area contributed by atoms with Gasteiger partial charge in [0.15, 0.2) is 6.54 Å². The lowest BCUT2D eigenvalue weighted by atomic mass is 10.2. The SMILES string of the molecule is COc1ccccc1C[NH+](C)CC(=O)Nc1ccc(OC(F)F)cc1. The Morgan fingerprint density at radius 3 is 2.48 bits per heavy atom. The van der Waals surface area contributed by atoms with Crippen molar-refractivity contribution >= 4 is 11.6 Å². The number of ether oxygens (including phenoxy) is 2. The molecule has 0 aliphatic carbocycles. The number of benzene rings is 2. The summed E-state index contributed by atoms with van der Waals surface area (Å²) in [5.41, 5.74) is 1.54. The molecule has 0 heterocycles. The van der Waals surface area contributed by atoms with Crippen LogP contribution in [0.4, 0.5) is 14.5 Å². The van der Waals surface area contributed by atoms with Gasteiger partial charge in [0.2, 0.25) is 0 Å². The minimum absolute atomic E-state index is 0.0481. The maximum atomic E-state index is 12.1. The zero-order chi connectivity index (χ0) is 18.2. The predicted molar refractivity (Wildman–Crippen MR) is 90.2 cm³/mol. The third-order valence-electron chi connectivity index (χ3n) is 3.51. The number of methoxy groups -OCH3 is 1. The van der Waals surface area contributed by atoms with Crippen LogP contribution in [0.25, 0.3) is 0 Å². The molecule has 0 saturated carbocycles. The second-order valence-electron chi connectivity index (χ2n) is 5.57. The third-order valence-corrected chi connectivity index (χ3v) is 3.51. The van der Waals surface area contributed by atoms with Crippen molar-refractivity contribution < 1.29 is 27.9 Å². The smallest absolute Gasteiger partial charge is 0.387 e. The van der Waals surface area contributed by atoms with E-state index in [-0.39, 0.29) is 18.2 Å². The number of nitrogens with one attached hydrogen (secondary N) is 2. The first-order chi connectivity index (χ1) is 12.0. The fourth-order valence-corrected chi connectivity index (χ4v) is 2.44. The molecule has 2 aromatic carbocycles. The Labute approximate surface area is 145 Å². The quantitative estimate of drug-likeness (QED) is 0.764. The second kappa shape index (κ2) is 8.98. The maximum absolute atomic E-state index is 12.1. The van der Waals surface area contributed by atoms with E-state index < -0.39 is 6.61 Å². The second-order valence-corrected chi connectivity index (χ2v) is 5.57. The van der Waals surface area contributed by atoms with Crippen molar-refractivity contribution in [3.8, 4) is 11.5 Å². The van der Waals surface area contributed by atoms with E-state index in [1.807, 2.05) is 31.3 Å². The summed E-state index contributed by atoms with van der Waals surface area (Å²) in [6.07, 6.45) is 0. The van der Waals surface area contributed by atoms with Crippen molar-refractivity contribution in [1.29, 1.82) is 0 Å². The lowest BCUT2D eigenvalue weighted by Gasteiger charge is -2.15. The summed E-state index contributed by atoms with van der Waals surface area (Å²) in [7, 11) is 3.52. The number of carbonyl (C=O) groups is 1. The summed E-state index contributed by atoms with van der Waals surface area (Å²) < 4.78 is 33.8. The van der Waals surface area contributed by atoms with Crippen molar-refractivity contribution in [2.75, 3.05) is 26.0 Å². The number of hydrogen-bond acceptors (Lipinski definition) is 3. The standard InChI is InChI=1S/C18H20F2N2O3/c1-22(11-13-5-3-4-6-16(13)24-2)12-17(23)21-14-7-9-15(10-8-14)25-18(19)20/h3-10,18H,11-12H2,1-2H3,(H,21,23)/p+1. The summed E-state index contributed by atoms with van der Waals surface area (Å²) >= 11 is 0. The van der Waals surface area contributed by atoms with Crippen molar-refractivity contribution in [2.45, 2.75) is 13.2 Å². The number of para-hydroxylation sites is 1. The zero-order valence-corrected chi connectivity index (χ0v) is 14.1. The van der Waals surface area contributed by atoms with Gasteiger partial charge in [0.1, 0.15) is 18.0 Å². The fraction of sp³-hybridized carbons (Fsp3) is 0.278. The lowest BCUT2D eigenvalue weighted by molar-refractivity contribution is -0.885. The number of hydrogen-bond donors (Lipinski definition) is 2. The molecular formula is C18H21F2N2O3+. The summed E-state index contributed by atoms with van der Waals surface area (Å²) in [4.78, 5) is 13.1. The molecule has 1 amide bonds. The predicted octanol–water partition coefficient (Wildman–Crippen LogP) is 1.95.